The number of alkyl halides is 1. The molecule has 0 amide bonds. The minimum atomic E-state index is -1.59. The van der Waals surface area contributed by atoms with Crippen LogP contribution in [0.5, 0.6) is 0 Å². The van der Waals surface area contributed by atoms with Crippen molar-refractivity contribution in [2.24, 2.45) is 5.73 Å². The van der Waals surface area contributed by atoms with Gasteiger partial charge in [-0.05, 0) is 6.92 Å². The summed E-state index contributed by atoms with van der Waals surface area (Å²) in [6, 6.07) is -0.982. The van der Waals surface area contributed by atoms with E-state index in [1.807, 2.05) is 0 Å². The number of anilines is 1. The molecule has 1 aromatic rings. The normalized spacial score (nSPS) is 31.8. The Morgan fingerprint density at radius 3 is 2.89 bits per heavy atom. The minimum absolute atomic E-state index is 0.0904. The van der Waals surface area contributed by atoms with Gasteiger partial charge in [-0.2, -0.15) is 4.98 Å². The molecule has 2 rings (SSSR count). The zero-order valence-electron chi connectivity index (χ0n) is 9.78. The van der Waals surface area contributed by atoms with Crippen LogP contribution >= 0.6 is 0 Å². The molecular weight excluding hydrogens is 243 g/mol. The molecule has 0 saturated carbocycles. The average molecular weight is 258 g/mol. The first-order valence-corrected chi connectivity index (χ1v) is 5.47. The fraction of sp³-hybridized carbons (Fsp3) is 0.600. The number of aliphatic hydroxyl groups is 1. The van der Waals surface area contributed by atoms with Crippen molar-refractivity contribution in [3.05, 3.63) is 22.2 Å². The van der Waals surface area contributed by atoms with Gasteiger partial charge in [-0.1, -0.05) is 0 Å². The molecule has 4 atom stereocenters. The number of rotatable bonds is 2. The third-order valence-electron chi connectivity index (χ3n) is 3.01. The van der Waals surface area contributed by atoms with Crippen molar-refractivity contribution in [1.82, 2.24) is 9.55 Å². The van der Waals surface area contributed by atoms with E-state index in [2.05, 4.69) is 4.98 Å². The van der Waals surface area contributed by atoms with Gasteiger partial charge >= 0.3 is 5.69 Å². The molecule has 5 N–H and O–H groups in total. The standard InChI is InChI=1S/C10H15FN4O3/c1-4-2-15(10(17)14-8(4)13)9-6(11)7(12)5(3-16)18-9/h2,5-7,9,16H,3,12H2,1H3,(H2,13,14,17)/t5-,6+,7-,9-/m1/s1. The SMILES string of the molecule is Cc1cn([C@@H]2O[C@H](CO)[C@@H](N)[C@@H]2F)c(=O)nc1N. The van der Waals surface area contributed by atoms with Crippen molar-refractivity contribution in [3.8, 4) is 0 Å². The summed E-state index contributed by atoms with van der Waals surface area (Å²) in [5.74, 6) is 0.0904. The molecule has 1 fully saturated rings. The predicted molar refractivity (Wildman–Crippen MR) is 61.5 cm³/mol. The Hall–Kier alpha value is -1.51. The Labute approximate surface area is 102 Å². The quantitative estimate of drug-likeness (QED) is 0.606. The van der Waals surface area contributed by atoms with Gasteiger partial charge in [0.25, 0.3) is 0 Å². The Balaban J connectivity index is 2.39. The molecule has 1 aliphatic rings. The maximum absolute atomic E-state index is 13.9. The second-order valence-corrected chi connectivity index (χ2v) is 4.27. The first kappa shape index (κ1) is 12.9. The van der Waals surface area contributed by atoms with Crippen molar-refractivity contribution >= 4 is 5.82 Å². The number of hydrogen-bond donors (Lipinski definition) is 3. The van der Waals surface area contributed by atoms with E-state index in [0.717, 1.165) is 4.57 Å². The maximum Gasteiger partial charge on any atom is 0.351 e. The van der Waals surface area contributed by atoms with Crippen molar-refractivity contribution < 1.29 is 14.2 Å². The molecule has 8 heteroatoms. The second kappa shape index (κ2) is 4.63. The molecule has 18 heavy (non-hydrogen) atoms. The highest BCUT2D eigenvalue weighted by atomic mass is 19.1. The first-order chi connectivity index (χ1) is 8.45. The lowest BCUT2D eigenvalue weighted by molar-refractivity contribution is -0.0402. The number of aliphatic hydroxyl groups excluding tert-OH is 1. The van der Waals surface area contributed by atoms with E-state index >= 15 is 0 Å². The van der Waals surface area contributed by atoms with Crippen LogP contribution in [-0.4, -0.2) is 39.6 Å². The van der Waals surface area contributed by atoms with E-state index in [1.165, 1.54) is 6.20 Å². The monoisotopic (exact) mass is 258 g/mol. The summed E-state index contributed by atoms with van der Waals surface area (Å²) in [6.45, 7) is 1.23. The van der Waals surface area contributed by atoms with Crippen molar-refractivity contribution in [2.45, 2.75) is 31.5 Å². The predicted octanol–water partition coefficient (Wildman–Crippen LogP) is -1.31. The van der Waals surface area contributed by atoms with Crippen LogP contribution in [-0.2, 0) is 4.74 Å². The summed E-state index contributed by atoms with van der Waals surface area (Å²) < 4.78 is 20.2. The van der Waals surface area contributed by atoms with E-state index in [1.54, 1.807) is 6.92 Å². The highest BCUT2D eigenvalue weighted by Crippen LogP contribution is 2.29. The van der Waals surface area contributed by atoms with E-state index in [4.69, 9.17) is 21.3 Å². The smallest absolute Gasteiger partial charge is 0.351 e. The fourth-order valence-corrected chi connectivity index (χ4v) is 1.89. The lowest BCUT2D eigenvalue weighted by atomic mass is 10.1. The van der Waals surface area contributed by atoms with Crippen LogP contribution in [0.25, 0.3) is 0 Å². The van der Waals surface area contributed by atoms with Crippen LogP contribution in [0.1, 0.15) is 11.8 Å². The number of nitrogens with two attached hydrogens (primary N) is 2. The van der Waals surface area contributed by atoms with Gasteiger partial charge in [-0.25, -0.2) is 9.18 Å². The Bertz CT molecular complexity index is 506. The Kier molecular flexibility index (Phi) is 3.33. The summed E-state index contributed by atoms with van der Waals surface area (Å²) in [4.78, 5) is 15.2. The lowest BCUT2D eigenvalue weighted by Crippen LogP contribution is -2.40. The molecule has 2 heterocycles. The molecule has 0 aliphatic carbocycles. The van der Waals surface area contributed by atoms with Crippen LogP contribution in [0.15, 0.2) is 11.0 Å². The maximum atomic E-state index is 13.9. The van der Waals surface area contributed by atoms with E-state index in [9.17, 15) is 9.18 Å². The molecule has 7 nitrogen and oxygen atoms in total. The average Bonchev–Trinajstić information content (AvgIpc) is 2.61. The summed E-state index contributed by atoms with van der Waals surface area (Å²) in [7, 11) is 0. The highest BCUT2D eigenvalue weighted by Gasteiger charge is 2.44. The van der Waals surface area contributed by atoms with E-state index < -0.39 is 36.8 Å². The van der Waals surface area contributed by atoms with E-state index in [0.29, 0.717) is 5.56 Å². The molecule has 0 spiro atoms. The second-order valence-electron chi connectivity index (χ2n) is 4.27. The molecule has 1 aliphatic heterocycles. The fourth-order valence-electron chi connectivity index (χ4n) is 1.89. The van der Waals surface area contributed by atoms with Crippen molar-refractivity contribution in [2.75, 3.05) is 12.3 Å². The number of aromatic nitrogens is 2. The van der Waals surface area contributed by atoms with Gasteiger partial charge in [0.15, 0.2) is 12.4 Å². The van der Waals surface area contributed by atoms with Crippen molar-refractivity contribution in [1.29, 1.82) is 0 Å². The molecule has 100 valence electrons. The topological polar surface area (TPSA) is 116 Å². The minimum Gasteiger partial charge on any atom is -0.394 e. The Morgan fingerprint density at radius 2 is 2.33 bits per heavy atom. The van der Waals surface area contributed by atoms with Crippen LogP contribution < -0.4 is 17.2 Å². The third kappa shape index (κ3) is 1.98. The van der Waals surface area contributed by atoms with Crippen LogP contribution in [0.4, 0.5) is 10.2 Å². The highest BCUT2D eigenvalue weighted by molar-refractivity contribution is 5.35. The zero-order chi connectivity index (χ0) is 13.4. The van der Waals surface area contributed by atoms with Gasteiger partial charge < -0.3 is 21.3 Å². The summed E-state index contributed by atoms with van der Waals surface area (Å²) >= 11 is 0. The molecule has 0 unspecified atom stereocenters. The van der Waals surface area contributed by atoms with Gasteiger partial charge in [0.05, 0.1) is 12.6 Å². The summed E-state index contributed by atoms with van der Waals surface area (Å²) in [5, 5.41) is 8.99. The number of halogens is 1. The van der Waals surface area contributed by atoms with Gasteiger partial charge in [-0.3, -0.25) is 4.57 Å². The number of nitrogens with zero attached hydrogens (tertiary/aromatic N) is 2. The van der Waals surface area contributed by atoms with Crippen LogP contribution in [0.2, 0.25) is 0 Å². The molecule has 1 saturated heterocycles. The Morgan fingerprint density at radius 1 is 1.67 bits per heavy atom. The summed E-state index contributed by atoms with van der Waals surface area (Å²) in [5.41, 5.74) is 10.9. The first-order valence-electron chi connectivity index (χ1n) is 5.47. The lowest BCUT2D eigenvalue weighted by Gasteiger charge is -2.16. The zero-order valence-corrected chi connectivity index (χ0v) is 9.78. The number of ether oxygens (including phenoxy) is 1. The van der Waals surface area contributed by atoms with Gasteiger partial charge in [0.1, 0.15) is 11.9 Å². The van der Waals surface area contributed by atoms with Crippen LogP contribution in [0.3, 0.4) is 0 Å². The number of aryl methyl sites for hydroxylation is 1. The molecule has 0 aromatic carbocycles. The third-order valence-corrected chi connectivity index (χ3v) is 3.01. The van der Waals surface area contributed by atoms with Gasteiger partial charge in [0.2, 0.25) is 0 Å². The van der Waals surface area contributed by atoms with E-state index in [-0.39, 0.29) is 5.82 Å². The molecule has 0 radical (unpaired) electrons. The molecule has 1 aromatic heterocycles. The van der Waals surface area contributed by atoms with Crippen LogP contribution in [0, 0.1) is 6.92 Å². The molecular formula is C10H15FN4O3. The van der Waals surface area contributed by atoms with Gasteiger partial charge in [0, 0.05) is 11.8 Å². The molecule has 0 bridgehead atoms. The number of nitrogen functional groups attached to an aromatic ring is 1. The van der Waals surface area contributed by atoms with Crippen molar-refractivity contribution in [3.63, 3.8) is 0 Å². The van der Waals surface area contributed by atoms with Gasteiger partial charge in [-0.15, -0.1) is 0 Å². The number of hydrogen-bond acceptors (Lipinski definition) is 6. The summed E-state index contributed by atoms with van der Waals surface area (Å²) in [6.07, 6.45) is -2.25. The largest absolute Gasteiger partial charge is 0.394 e.